The van der Waals surface area contributed by atoms with E-state index in [4.69, 9.17) is 5.26 Å². The first-order valence-electron chi connectivity index (χ1n) is 6.05. The van der Waals surface area contributed by atoms with Gasteiger partial charge in [0.05, 0.1) is 11.6 Å². The van der Waals surface area contributed by atoms with E-state index < -0.39 is 0 Å². The molecular weight excluding hydrogens is 292 g/mol. The number of carbonyl (C=O) groups excluding carboxylic acids is 1. The molecule has 1 atom stereocenters. The minimum Gasteiger partial charge on any atom is -0.352 e. The van der Waals surface area contributed by atoms with Gasteiger partial charge in [0, 0.05) is 17.4 Å². The van der Waals surface area contributed by atoms with Gasteiger partial charge in [0.15, 0.2) is 0 Å². The second-order valence-corrected chi connectivity index (χ2v) is 4.95. The highest BCUT2D eigenvalue weighted by molar-refractivity contribution is 9.09. The molecule has 0 saturated heterocycles. The standard InChI is InChI=1S/C14H17BrN2O/c1-2-11(6-7-15)10-17-14(18)13-5-3-4-12(8-13)9-16/h3-5,8,11H,2,6-7,10H2,1H3,(H,17,18). The Bertz CT molecular complexity index is 440. The molecule has 0 aliphatic carbocycles. The predicted octanol–water partition coefficient (Wildman–Crippen LogP) is 3.10. The van der Waals surface area contributed by atoms with Crippen LogP contribution in [0, 0.1) is 17.2 Å². The first-order chi connectivity index (χ1) is 8.71. The van der Waals surface area contributed by atoms with Crippen LogP contribution in [0.25, 0.3) is 0 Å². The van der Waals surface area contributed by atoms with Gasteiger partial charge in [-0.1, -0.05) is 35.3 Å². The minimum absolute atomic E-state index is 0.111. The van der Waals surface area contributed by atoms with Gasteiger partial charge in [-0.3, -0.25) is 4.79 Å². The zero-order valence-corrected chi connectivity index (χ0v) is 12.0. The quantitative estimate of drug-likeness (QED) is 0.821. The van der Waals surface area contributed by atoms with E-state index in [0.717, 1.165) is 18.2 Å². The summed E-state index contributed by atoms with van der Waals surface area (Å²) in [5.74, 6) is 0.382. The second-order valence-electron chi connectivity index (χ2n) is 4.15. The molecule has 0 saturated carbocycles. The molecule has 0 heterocycles. The lowest BCUT2D eigenvalue weighted by molar-refractivity contribution is 0.0946. The van der Waals surface area contributed by atoms with Gasteiger partial charge in [-0.15, -0.1) is 0 Å². The Morgan fingerprint density at radius 2 is 2.33 bits per heavy atom. The maximum absolute atomic E-state index is 11.9. The highest BCUT2D eigenvalue weighted by Crippen LogP contribution is 2.09. The summed E-state index contributed by atoms with van der Waals surface area (Å²) in [7, 11) is 0. The van der Waals surface area contributed by atoms with E-state index in [1.165, 1.54) is 0 Å². The molecule has 4 heteroatoms. The molecule has 3 nitrogen and oxygen atoms in total. The number of hydrogen-bond acceptors (Lipinski definition) is 2. The van der Waals surface area contributed by atoms with Crippen LogP contribution in [-0.2, 0) is 0 Å². The van der Waals surface area contributed by atoms with Gasteiger partial charge in [-0.05, 0) is 30.5 Å². The molecule has 0 aromatic heterocycles. The summed E-state index contributed by atoms with van der Waals surface area (Å²) in [4.78, 5) is 11.9. The zero-order chi connectivity index (χ0) is 13.4. The molecule has 1 aromatic carbocycles. The monoisotopic (exact) mass is 308 g/mol. The molecule has 1 aromatic rings. The molecule has 0 spiro atoms. The van der Waals surface area contributed by atoms with Crippen LogP contribution in [0.3, 0.4) is 0 Å². The van der Waals surface area contributed by atoms with Crippen molar-refractivity contribution in [2.45, 2.75) is 19.8 Å². The number of nitrogens with one attached hydrogen (secondary N) is 1. The van der Waals surface area contributed by atoms with Crippen molar-refractivity contribution in [1.82, 2.24) is 5.32 Å². The van der Waals surface area contributed by atoms with Crippen LogP contribution >= 0.6 is 15.9 Å². The average Bonchev–Trinajstić information content (AvgIpc) is 2.43. The van der Waals surface area contributed by atoms with Gasteiger partial charge in [0.1, 0.15) is 0 Å². The highest BCUT2D eigenvalue weighted by atomic mass is 79.9. The molecule has 1 rings (SSSR count). The predicted molar refractivity (Wildman–Crippen MR) is 75.7 cm³/mol. The molecule has 0 radical (unpaired) electrons. The van der Waals surface area contributed by atoms with Crippen molar-refractivity contribution >= 4 is 21.8 Å². The molecule has 0 bridgehead atoms. The summed E-state index contributed by atoms with van der Waals surface area (Å²) in [6, 6.07) is 8.78. The summed E-state index contributed by atoms with van der Waals surface area (Å²) < 4.78 is 0. The molecule has 96 valence electrons. The van der Waals surface area contributed by atoms with Gasteiger partial charge < -0.3 is 5.32 Å². The average molecular weight is 309 g/mol. The summed E-state index contributed by atoms with van der Waals surface area (Å²) in [6.45, 7) is 2.80. The van der Waals surface area contributed by atoms with E-state index in [9.17, 15) is 4.79 Å². The second kappa shape index (κ2) is 7.88. The Balaban J connectivity index is 2.57. The van der Waals surface area contributed by atoms with Gasteiger partial charge in [0.2, 0.25) is 0 Å². The summed E-state index contributed by atoms with van der Waals surface area (Å²) in [5.41, 5.74) is 1.05. The van der Waals surface area contributed by atoms with E-state index in [0.29, 0.717) is 23.6 Å². The van der Waals surface area contributed by atoms with Crippen LogP contribution in [0.2, 0.25) is 0 Å². The van der Waals surface area contributed by atoms with Crippen molar-refractivity contribution in [2.75, 3.05) is 11.9 Å². The van der Waals surface area contributed by atoms with Gasteiger partial charge >= 0.3 is 0 Å². The maximum Gasteiger partial charge on any atom is 0.251 e. The summed E-state index contributed by atoms with van der Waals surface area (Å²) >= 11 is 3.41. The number of rotatable bonds is 6. The van der Waals surface area contributed by atoms with Crippen molar-refractivity contribution in [2.24, 2.45) is 5.92 Å². The number of carbonyl (C=O) groups is 1. The molecule has 18 heavy (non-hydrogen) atoms. The third-order valence-corrected chi connectivity index (χ3v) is 3.36. The third-order valence-electron chi connectivity index (χ3n) is 2.90. The molecular formula is C14H17BrN2O. The van der Waals surface area contributed by atoms with Gasteiger partial charge in [-0.25, -0.2) is 0 Å². The number of alkyl halides is 1. The van der Waals surface area contributed by atoms with Crippen LogP contribution in [0.4, 0.5) is 0 Å². The number of amides is 1. The molecule has 1 N–H and O–H groups in total. The molecule has 1 unspecified atom stereocenters. The largest absolute Gasteiger partial charge is 0.352 e. The molecule has 1 amide bonds. The van der Waals surface area contributed by atoms with Crippen LogP contribution in [0.1, 0.15) is 35.7 Å². The SMILES string of the molecule is CCC(CCBr)CNC(=O)c1cccc(C#N)c1. The Kier molecular flexibility index (Phi) is 6.45. The van der Waals surface area contributed by atoms with Crippen LogP contribution < -0.4 is 5.32 Å². The Morgan fingerprint density at radius 3 is 2.94 bits per heavy atom. The Morgan fingerprint density at radius 1 is 1.56 bits per heavy atom. The van der Waals surface area contributed by atoms with Crippen LogP contribution in [-0.4, -0.2) is 17.8 Å². The van der Waals surface area contributed by atoms with Crippen molar-refractivity contribution in [3.8, 4) is 6.07 Å². The Hall–Kier alpha value is -1.34. The van der Waals surface area contributed by atoms with Crippen molar-refractivity contribution in [3.05, 3.63) is 35.4 Å². The fourth-order valence-corrected chi connectivity index (χ4v) is 2.32. The molecule has 0 fully saturated rings. The van der Waals surface area contributed by atoms with E-state index in [1.54, 1.807) is 24.3 Å². The number of benzene rings is 1. The lowest BCUT2D eigenvalue weighted by atomic mass is 10.0. The van der Waals surface area contributed by atoms with Crippen LogP contribution in [0.15, 0.2) is 24.3 Å². The Labute approximate surface area is 116 Å². The van der Waals surface area contributed by atoms with Gasteiger partial charge in [-0.2, -0.15) is 5.26 Å². The smallest absolute Gasteiger partial charge is 0.251 e. The van der Waals surface area contributed by atoms with Crippen LogP contribution in [0.5, 0.6) is 0 Å². The number of nitriles is 1. The van der Waals surface area contributed by atoms with Crippen molar-refractivity contribution in [3.63, 3.8) is 0 Å². The van der Waals surface area contributed by atoms with Crippen molar-refractivity contribution in [1.29, 1.82) is 5.26 Å². The fraction of sp³-hybridized carbons (Fsp3) is 0.429. The van der Waals surface area contributed by atoms with Crippen molar-refractivity contribution < 1.29 is 4.79 Å². The summed E-state index contributed by atoms with van der Waals surface area (Å²) in [5, 5.41) is 12.6. The summed E-state index contributed by atoms with van der Waals surface area (Å²) in [6.07, 6.45) is 2.10. The maximum atomic E-state index is 11.9. The van der Waals surface area contributed by atoms with Gasteiger partial charge in [0.25, 0.3) is 5.91 Å². The topological polar surface area (TPSA) is 52.9 Å². The fourth-order valence-electron chi connectivity index (χ4n) is 1.67. The molecule has 0 aliphatic rings. The highest BCUT2D eigenvalue weighted by Gasteiger charge is 2.10. The lowest BCUT2D eigenvalue weighted by Crippen LogP contribution is -2.29. The molecule has 0 aliphatic heterocycles. The number of nitrogens with zero attached hydrogens (tertiary/aromatic N) is 1. The van der Waals surface area contributed by atoms with E-state index in [1.807, 2.05) is 6.07 Å². The first kappa shape index (κ1) is 14.7. The minimum atomic E-state index is -0.111. The van der Waals surface area contributed by atoms with E-state index in [2.05, 4.69) is 28.2 Å². The lowest BCUT2D eigenvalue weighted by Gasteiger charge is -2.14. The van der Waals surface area contributed by atoms with E-state index >= 15 is 0 Å². The van der Waals surface area contributed by atoms with E-state index in [-0.39, 0.29) is 5.91 Å². The zero-order valence-electron chi connectivity index (χ0n) is 10.4. The number of hydrogen-bond donors (Lipinski definition) is 1. The third kappa shape index (κ3) is 4.50. The number of halogens is 1. The normalized spacial score (nSPS) is 11.6. The first-order valence-corrected chi connectivity index (χ1v) is 7.17.